The Labute approximate surface area is 289 Å². The summed E-state index contributed by atoms with van der Waals surface area (Å²) < 4.78 is 33.2. The van der Waals surface area contributed by atoms with Crippen molar-refractivity contribution in [1.29, 1.82) is 0 Å². The van der Waals surface area contributed by atoms with Crippen molar-refractivity contribution in [3.05, 3.63) is 41.5 Å². The zero-order valence-electron chi connectivity index (χ0n) is 28.7. The molecule has 8 unspecified atom stereocenters. The molecule has 1 saturated carbocycles. The third-order valence-electron chi connectivity index (χ3n) is 9.61. The van der Waals surface area contributed by atoms with Gasteiger partial charge in [0, 0.05) is 24.3 Å². The number of hydrogen-bond donors (Lipinski definition) is 2. The molecule has 0 radical (unpaired) electrons. The Morgan fingerprint density at radius 2 is 1.90 bits per heavy atom. The maximum atomic E-state index is 14.3. The molecule has 5 aliphatic rings. The molecule has 5 fully saturated rings. The Balaban J connectivity index is 1.19. The van der Waals surface area contributed by atoms with E-state index in [2.05, 4.69) is 5.32 Å². The fourth-order valence-corrected chi connectivity index (χ4v) is 7.28. The maximum absolute atomic E-state index is 14.3. The minimum atomic E-state index is -1.45. The van der Waals surface area contributed by atoms with Gasteiger partial charge in [-0.2, -0.15) is 5.06 Å². The molecule has 4 aliphatic heterocycles. The van der Waals surface area contributed by atoms with Gasteiger partial charge in [-0.25, -0.2) is 9.59 Å². The molecule has 1 aliphatic carbocycles. The van der Waals surface area contributed by atoms with E-state index in [1.807, 2.05) is 0 Å². The molecule has 15 nitrogen and oxygen atoms in total. The van der Waals surface area contributed by atoms with Crippen LogP contribution in [0.5, 0.6) is 0 Å². The highest BCUT2D eigenvalue weighted by molar-refractivity contribution is 5.94. The number of aliphatic hydroxyl groups is 1. The Kier molecular flexibility index (Phi) is 9.82. The van der Waals surface area contributed by atoms with Crippen LogP contribution < -0.4 is 5.32 Å². The average Bonchev–Trinajstić information content (AvgIpc) is 3.73. The van der Waals surface area contributed by atoms with E-state index in [1.54, 1.807) is 65.0 Å². The molecule has 1 amide bonds. The number of cyclic esters (lactones) is 1. The molecule has 2 bridgehead atoms. The summed E-state index contributed by atoms with van der Waals surface area (Å²) in [6.07, 6.45) is -1.08. The standard InChI is InChI=1S/C35H44N2O13/c1-33(2,3)49-24(40)12-10-21(16-38)36-32(43)35-14-22-25-26(46-18-45-25)28(35)50-37(27(35)30(41)47-22)15-20-8-6-7-19(13-20)9-11-23(39)48-29-31(42)44-17-34(29,4)5/h6-9,11,13,21-22,25-29,38H,10,12,14-18H2,1-5H3,(H,36,43). The van der Waals surface area contributed by atoms with Crippen LogP contribution >= 0.6 is 0 Å². The number of nitrogens with zero attached hydrogens (tertiary/aromatic N) is 1. The minimum absolute atomic E-state index is 0.0365. The van der Waals surface area contributed by atoms with Crippen LogP contribution in [0.1, 0.15) is 65.0 Å². The lowest BCUT2D eigenvalue weighted by molar-refractivity contribution is -0.201. The molecule has 6 rings (SSSR count). The molecule has 8 atom stereocenters. The number of amides is 1. The zero-order chi connectivity index (χ0) is 36.0. The quantitative estimate of drug-likeness (QED) is 0.191. The topological polar surface area (TPSA) is 185 Å². The van der Waals surface area contributed by atoms with Crippen LogP contribution in [0.25, 0.3) is 6.08 Å². The van der Waals surface area contributed by atoms with Crippen molar-refractivity contribution in [2.24, 2.45) is 10.8 Å². The first-order chi connectivity index (χ1) is 23.6. The van der Waals surface area contributed by atoms with Gasteiger partial charge in [0.1, 0.15) is 48.8 Å². The molecule has 50 heavy (non-hydrogen) atoms. The second kappa shape index (κ2) is 13.7. The number of hydrogen-bond acceptors (Lipinski definition) is 14. The molecule has 4 saturated heterocycles. The lowest BCUT2D eigenvalue weighted by Crippen LogP contribution is -2.70. The van der Waals surface area contributed by atoms with Crippen LogP contribution in [0.15, 0.2) is 30.3 Å². The van der Waals surface area contributed by atoms with E-state index in [1.165, 1.54) is 11.1 Å². The minimum Gasteiger partial charge on any atom is -0.462 e. The molecule has 2 N–H and O–H groups in total. The SMILES string of the molecule is CC(C)(C)OC(=O)CCC(CO)NC(=O)C12CC3OC(=O)C1N(Cc1cccc(C=CC(=O)OC4C(=O)OCC4(C)C)c1)OC2C1OCOC31. The van der Waals surface area contributed by atoms with Crippen LogP contribution in [-0.2, 0) is 63.8 Å². The number of fused-ring (bicyclic) bond motifs is 4. The van der Waals surface area contributed by atoms with E-state index in [-0.39, 0.29) is 39.2 Å². The summed E-state index contributed by atoms with van der Waals surface area (Å²) in [5.41, 5.74) is -1.46. The highest BCUT2D eigenvalue weighted by Gasteiger charge is 2.74. The van der Waals surface area contributed by atoms with Crippen molar-refractivity contribution in [3.8, 4) is 0 Å². The van der Waals surface area contributed by atoms with Crippen LogP contribution in [0, 0.1) is 10.8 Å². The summed E-state index contributed by atoms with van der Waals surface area (Å²) in [4.78, 5) is 71.4. The van der Waals surface area contributed by atoms with E-state index < -0.39 is 95.4 Å². The summed E-state index contributed by atoms with van der Waals surface area (Å²) >= 11 is 0. The molecule has 1 aromatic rings. The molecular formula is C35H44N2O13. The van der Waals surface area contributed by atoms with Crippen LogP contribution in [0.3, 0.4) is 0 Å². The number of carbonyl (C=O) groups is 5. The molecule has 15 heteroatoms. The van der Waals surface area contributed by atoms with E-state index >= 15 is 0 Å². The summed E-state index contributed by atoms with van der Waals surface area (Å²) in [6, 6.07) is 5.15. The van der Waals surface area contributed by atoms with E-state index in [9.17, 15) is 29.1 Å². The number of ether oxygens (including phenoxy) is 6. The molecular weight excluding hydrogens is 656 g/mol. The van der Waals surface area contributed by atoms with Gasteiger partial charge in [0.15, 0.2) is 6.04 Å². The maximum Gasteiger partial charge on any atom is 0.348 e. The third-order valence-corrected chi connectivity index (χ3v) is 9.61. The molecule has 0 spiro atoms. The van der Waals surface area contributed by atoms with Gasteiger partial charge in [0.2, 0.25) is 12.0 Å². The van der Waals surface area contributed by atoms with Crippen molar-refractivity contribution in [3.63, 3.8) is 0 Å². The molecule has 0 aromatic heterocycles. The second-order valence-corrected chi connectivity index (χ2v) is 15.1. The van der Waals surface area contributed by atoms with E-state index in [4.69, 9.17) is 33.3 Å². The first-order valence-electron chi connectivity index (χ1n) is 16.8. The number of rotatable bonds is 11. The number of hydroxylamine groups is 2. The van der Waals surface area contributed by atoms with Gasteiger partial charge in [-0.15, -0.1) is 0 Å². The third kappa shape index (κ3) is 7.01. The van der Waals surface area contributed by atoms with E-state index in [0.717, 1.165) is 0 Å². The predicted octanol–water partition coefficient (Wildman–Crippen LogP) is 1.34. The Bertz CT molecular complexity index is 1550. The van der Waals surface area contributed by atoms with Gasteiger partial charge >= 0.3 is 23.9 Å². The largest absolute Gasteiger partial charge is 0.462 e. The fraction of sp³-hybridized carbons (Fsp3) is 0.629. The number of nitrogens with one attached hydrogen (secondary N) is 1. The highest BCUT2D eigenvalue weighted by Crippen LogP contribution is 2.55. The van der Waals surface area contributed by atoms with Gasteiger partial charge < -0.3 is 38.8 Å². The van der Waals surface area contributed by atoms with Gasteiger partial charge in [-0.05, 0) is 44.4 Å². The Morgan fingerprint density at radius 1 is 1.14 bits per heavy atom. The number of esters is 4. The summed E-state index contributed by atoms with van der Waals surface area (Å²) in [7, 11) is 0. The number of carbonyl (C=O) groups excluding carboxylic acids is 5. The van der Waals surface area contributed by atoms with E-state index in [0.29, 0.717) is 11.1 Å². The fourth-order valence-electron chi connectivity index (χ4n) is 7.28. The molecule has 1 aromatic carbocycles. The predicted molar refractivity (Wildman–Crippen MR) is 170 cm³/mol. The Hall–Kier alpha value is -3.89. The first-order valence-corrected chi connectivity index (χ1v) is 16.8. The second-order valence-electron chi connectivity index (χ2n) is 15.1. The van der Waals surface area contributed by atoms with Gasteiger partial charge in [0.05, 0.1) is 19.2 Å². The number of benzene rings is 1. The van der Waals surface area contributed by atoms with Crippen molar-refractivity contribution >= 4 is 35.9 Å². The average molecular weight is 701 g/mol. The number of aliphatic hydroxyl groups excluding tert-OH is 1. The summed E-state index contributed by atoms with van der Waals surface area (Å²) in [5, 5.41) is 14.4. The van der Waals surface area contributed by atoms with Crippen molar-refractivity contribution in [1.82, 2.24) is 10.4 Å². The van der Waals surface area contributed by atoms with Crippen molar-refractivity contribution in [2.75, 3.05) is 20.0 Å². The lowest BCUT2D eigenvalue weighted by Gasteiger charge is -2.49. The summed E-state index contributed by atoms with van der Waals surface area (Å²) in [5.74, 6) is -2.94. The normalized spacial score (nSPS) is 31.9. The molecule has 272 valence electrons. The van der Waals surface area contributed by atoms with Crippen LogP contribution in [-0.4, -0.2) is 108 Å². The first kappa shape index (κ1) is 35.9. The van der Waals surface area contributed by atoms with Crippen LogP contribution in [0.4, 0.5) is 0 Å². The monoisotopic (exact) mass is 700 g/mol. The Morgan fingerprint density at radius 3 is 2.60 bits per heavy atom. The zero-order valence-corrected chi connectivity index (χ0v) is 28.7. The van der Waals surface area contributed by atoms with Gasteiger partial charge in [-0.1, -0.05) is 38.1 Å². The van der Waals surface area contributed by atoms with Crippen molar-refractivity contribution < 1.29 is 62.3 Å². The van der Waals surface area contributed by atoms with Crippen LogP contribution in [0.2, 0.25) is 0 Å². The smallest absolute Gasteiger partial charge is 0.348 e. The van der Waals surface area contributed by atoms with Crippen molar-refractivity contribution in [2.45, 2.75) is 109 Å². The highest BCUT2D eigenvalue weighted by atomic mass is 16.8. The van der Waals surface area contributed by atoms with Gasteiger partial charge in [0.25, 0.3) is 0 Å². The van der Waals surface area contributed by atoms with Gasteiger partial charge in [-0.3, -0.25) is 19.2 Å². The lowest BCUT2D eigenvalue weighted by atomic mass is 9.62. The summed E-state index contributed by atoms with van der Waals surface area (Å²) in [6.45, 7) is 8.52. The molecule has 4 heterocycles.